The van der Waals surface area contributed by atoms with E-state index in [4.69, 9.17) is 14.2 Å². The quantitative estimate of drug-likeness (QED) is 0.436. The Balaban J connectivity index is 1.75. The van der Waals surface area contributed by atoms with E-state index in [1.165, 1.54) is 5.56 Å². The molecule has 0 aliphatic carbocycles. The van der Waals surface area contributed by atoms with E-state index in [1.807, 2.05) is 31.2 Å². The van der Waals surface area contributed by atoms with Crippen LogP contribution in [-0.4, -0.2) is 20.1 Å². The molecule has 3 aromatic rings. The number of aryl methyl sites for hydroxylation is 1. The Hall–Kier alpha value is -2.74. The Bertz CT molecular complexity index is 985. The topological polar surface area (TPSA) is 56.8 Å². The summed E-state index contributed by atoms with van der Waals surface area (Å²) < 4.78 is 17.4. The van der Waals surface area contributed by atoms with Crippen molar-refractivity contribution in [3.63, 3.8) is 0 Å². The summed E-state index contributed by atoms with van der Waals surface area (Å²) in [7, 11) is 3.17. The second-order valence-electron chi connectivity index (χ2n) is 6.45. The fourth-order valence-corrected chi connectivity index (χ4v) is 3.47. The van der Waals surface area contributed by atoms with Gasteiger partial charge in [0.25, 0.3) is 5.91 Å². The number of ether oxygens (including phenoxy) is 3. The Morgan fingerprint density at radius 2 is 1.66 bits per heavy atom. The highest BCUT2D eigenvalue weighted by atomic mass is 127. The van der Waals surface area contributed by atoms with Crippen LogP contribution >= 0.6 is 22.6 Å². The molecule has 1 N–H and O–H groups in total. The third kappa shape index (κ3) is 5.41. The maximum Gasteiger partial charge on any atom is 0.255 e. The van der Waals surface area contributed by atoms with Crippen molar-refractivity contribution in [2.75, 3.05) is 19.5 Å². The Morgan fingerprint density at radius 3 is 2.28 bits per heavy atom. The number of halogens is 1. The summed E-state index contributed by atoms with van der Waals surface area (Å²) in [6, 6.07) is 18.8. The van der Waals surface area contributed by atoms with Crippen LogP contribution in [0.2, 0.25) is 0 Å². The maximum atomic E-state index is 12.7. The van der Waals surface area contributed by atoms with E-state index in [0.29, 0.717) is 29.4 Å². The summed E-state index contributed by atoms with van der Waals surface area (Å²) >= 11 is 2.16. The second kappa shape index (κ2) is 9.65. The zero-order valence-corrected chi connectivity index (χ0v) is 18.6. The Kier molecular flexibility index (Phi) is 6.98. The molecule has 0 aliphatic heterocycles. The number of carbonyl (C=O) groups excluding carboxylic acids is 1. The van der Waals surface area contributed by atoms with Crippen LogP contribution in [0.25, 0.3) is 0 Å². The van der Waals surface area contributed by atoms with Gasteiger partial charge in [-0.05, 0) is 71.5 Å². The van der Waals surface area contributed by atoms with Crippen LogP contribution in [0.1, 0.15) is 21.5 Å². The van der Waals surface area contributed by atoms with Crippen molar-refractivity contribution < 1.29 is 19.0 Å². The molecule has 0 unspecified atom stereocenters. The van der Waals surface area contributed by atoms with Gasteiger partial charge in [-0.1, -0.05) is 29.8 Å². The van der Waals surface area contributed by atoms with Crippen molar-refractivity contribution in [3.05, 3.63) is 80.9 Å². The lowest BCUT2D eigenvalue weighted by Crippen LogP contribution is -2.13. The van der Waals surface area contributed by atoms with Crippen molar-refractivity contribution in [1.82, 2.24) is 0 Å². The first-order valence-electron chi connectivity index (χ1n) is 9.01. The molecule has 3 rings (SSSR count). The summed E-state index contributed by atoms with van der Waals surface area (Å²) in [6.07, 6.45) is 0. The smallest absolute Gasteiger partial charge is 0.255 e. The molecule has 0 bridgehead atoms. The fraction of sp³-hybridized carbons (Fsp3) is 0.174. The van der Waals surface area contributed by atoms with Crippen molar-refractivity contribution in [2.45, 2.75) is 13.5 Å². The molecule has 6 heteroatoms. The summed E-state index contributed by atoms with van der Waals surface area (Å²) in [5.41, 5.74) is 3.44. The van der Waals surface area contributed by atoms with Crippen LogP contribution in [0.3, 0.4) is 0 Å². The number of methoxy groups -OCH3 is 2. The van der Waals surface area contributed by atoms with E-state index in [1.54, 1.807) is 50.6 Å². The van der Waals surface area contributed by atoms with Gasteiger partial charge in [0, 0.05) is 11.3 Å². The van der Waals surface area contributed by atoms with Crippen molar-refractivity contribution in [1.29, 1.82) is 0 Å². The zero-order valence-electron chi connectivity index (χ0n) is 16.5. The van der Waals surface area contributed by atoms with Crippen LogP contribution in [0.4, 0.5) is 5.69 Å². The number of hydrogen-bond acceptors (Lipinski definition) is 4. The van der Waals surface area contributed by atoms with Crippen LogP contribution in [0.15, 0.2) is 60.7 Å². The largest absolute Gasteiger partial charge is 0.497 e. The lowest BCUT2D eigenvalue weighted by molar-refractivity contribution is 0.102. The first-order chi connectivity index (χ1) is 14.0. The molecule has 5 nitrogen and oxygen atoms in total. The highest BCUT2D eigenvalue weighted by Gasteiger charge is 2.16. The van der Waals surface area contributed by atoms with E-state index >= 15 is 0 Å². The maximum absolute atomic E-state index is 12.7. The van der Waals surface area contributed by atoms with Crippen LogP contribution < -0.4 is 19.5 Å². The average Bonchev–Trinajstić information content (AvgIpc) is 2.74. The molecule has 0 fully saturated rings. The molecule has 0 heterocycles. The second-order valence-corrected chi connectivity index (χ2v) is 7.61. The summed E-state index contributed by atoms with van der Waals surface area (Å²) in [5, 5.41) is 2.88. The third-order valence-electron chi connectivity index (χ3n) is 4.34. The van der Waals surface area contributed by atoms with Gasteiger partial charge in [0.2, 0.25) is 0 Å². The number of benzene rings is 3. The molecule has 0 atom stereocenters. The van der Waals surface area contributed by atoms with Gasteiger partial charge in [0.05, 0.1) is 17.8 Å². The highest BCUT2D eigenvalue weighted by Crippen LogP contribution is 2.35. The lowest BCUT2D eigenvalue weighted by Gasteiger charge is -2.15. The molecule has 1 amide bonds. The number of amides is 1. The molecule has 0 aromatic heterocycles. The summed E-state index contributed by atoms with van der Waals surface area (Å²) in [5.74, 6) is 1.64. The zero-order chi connectivity index (χ0) is 20.8. The van der Waals surface area contributed by atoms with Crippen molar-refractivity contribution in [2.24, 2.45) is 0 Å². The molecule has 150 valence electrons. The average molecular weight is 503 g/mol. The van der Waals surface area contributed by atoms with E-state index in [-0.39, 0.29) is 5.91 Å². The van der Waals surface area contributed by atoms with Gasteiger partial charge in [0.1, 0.15) is 12.4 Å². The Labute approximate surface area is 184 Å². The number of rotatable bonds is 7. The first kappa shape index (κ1) is 21.0. The van der Waals surface area contributed by atoms with Gasteiger partial charge in [-0.3, -0.25) is 4.79 Å². The minimum Gasteiger partial charge on any atom is -0.497 e. The van der Waals surface area contributed by atoms with Crippen LogP contribution in [0.5, 0.6) is 17.2 Å². The van der Waals surface area contributed by atoms with E-state index in [0.717, 1.165) is 14.9 Å². The molecule has 0 radical (unpaired) electrons. The SMILES string of the molecule is COc1ccc(NC(=O)c2cc(I)c(OCc3ccc(C)cc3)c(OC)c2)cc1. The van der Waals surface area contributed by atoms with Gasteiger partial charge in [-0.25, -0.2) is 0 Å². The highest BCUT2D eigenvalue weighted by molar-refractivity contribution is 14.1. The monoisotopic (exact) mass is 503 g/mol. The molecule has 3 aromatic carbocycles. The van der Waals surface area contributed by atoms with Gasteiger partial charge < -0.3 is 19.5 Å². The molecule has 0 saturated heterocycles. The predicted octanol–water partition coefficient (Wildman–Crippen LogP) is 5.45. The molecular formula is C23H22INO4. The van der Waals surface area contributed by atoms with Crippen molar-refractivity contribution in [3.8, 4) is 17.2 Å². The predicted molar refractivity (Wildman–Crippen MR) is 122 cm³/mol. The van der Waals surface area contributed by atoms with Gasteiger partial charge in [-0.2, -0.15) is 0 Å². The van der Waals surface area contributed by atoms with Gasteiger partial charge >= 0.3 is 0 Å². The Morgan fingerprint density at radius 1 is 0.966 bits per heavy atom. The number of hydrogen-bond donors (Lipinski definition) is 1. The molecule has 0 spiro atoms. The molecular weight excluding hydrogens is 481 g/mol. The molecule has 0 saturated carbocycles. The standard InChI is InChI=1S/C23H22INO4/c1-15-4-6-16(7-5-15)14-29-22-20(24)12-17(13-21(22)28-3)23(26)25-18-8-10-19(27-2)11-9-18/h4-13H,14H2,1-3H3,(H,25,26). The fourth-order valence-electron chi connectivity index (χ4n) is 2.71. The number of carbonyl (C=O) groups is 1. The lowest BCUT2D eigenvalue weighted by atomic mass is 10.1. The number of nitrogens with one attached hydrogen (secondary N) is 1. The van der Waals surface area contributed by atoms with Crippen LogP contribution in [0, 0.1) is 10.5 Å². The van der Waals surface area contributed by atoms with Crippen molar-refractivity contribution >= 4 is 34.2 Å². The minimum absolute atomic E-state index is 0.225. The number of anilines is 1. The summed E-state index contributed by atoms with van der Waals surface area (Å²) in [6.45, 7) is 2.47. The first-order valence-corrected chi connectivity index (χ1v) is 10.1. The van der Waals surface area contributed by atoms with Crippen LogP contribution in [-0.2, 0) is 6.61 Å². The normalized spacial score (nSPS) is 10.3. The minimum atomic E-state index is -0.225. The molecule has 29 heavy (non-hydrogen) atoms. The summed E-state index contributed by atoms with van der Waals surface area (Å²) in [4.78, 5) is 12.7. The van der Waals surface area contributed by atoms with Gasteiger partial charge in [0.15, 0.2) is 11.5 Å². The van der Waals surface area contributed by atoms with Gasteiger partial charge in [-0.15, -0.1) is 0 Å². The third-order valence-corrected chi connectivity index (χ3v) is 5.14. The van der Waals surface area contributed by atoms with E-state index in [2.05, 4.69) is 27.9 Å². The van der Waals surface area contributed by atoms with E-state index in [9.17, 15) is 4.79 Å². The molecule has 0 aliphatic rings. The van der Waals surface area contributed by atoms with E-state index < -0.39 is 0 Å².